The maximum Gasteiger partial charge on any atom is 0.253 e. The number of benzene rings is 1. The van der Waals surface area contributed by atoms with Crippen LogP contribution in [0.25, 0.3) is 0 Å². The summed E-state index contributed by atoms with van der Waals surface area (Å²) >= 11 is 0. The van der Waals surface area contributed by atoms with E-state index in [-0.39, 0.29) is 17.8 Å². The summed E-state index contributed by atoms with van der Waals surface area (Å²) in [4.78, 5) is 23.9. The molecule has 1 aliphatic heterocycles. The van der Waals surface area contributed by atoms with Gasteiger partial charge in [0.2, 0.25) is 0 Å². The highest BCUT2D eigenvalue weighted by molar-refractivity contribution is 5.93. The van der Waals surface area contributed by atoms with E-state index in [4.69, 9.17) is 0 Å². The van der Waals surface area contributed by atoms with Gasteiger partial charge in [0.05, 0.1) is 0 Å². The highest BCUT2D eigenvalue weighted by Gasteiger charge is 2.25. The van der Waals surface area contributed by atoms with Crippen LogP contribution in [0.5, 0.6) is 0 Å². The van der Waals surface area contributed by atoms with E-state index in [0.29, 0.717) is 30.4 Å². The molecule has 7 nitrogen and oxygen atoms in total. The fourth-order valence-corrected chi connectivity index (χ4v) is 3.28. The van der Waals surface area contributed by atoms with Gasteiger partial charge in [-0.3, -0.25) is 9.79 Å². The fourth-order valence-electron chi connectivity index (χ4n) is 3.28. The second kappa shape index (κ2) is 9.36. The number of hydrogen-bond acceptors (Lipinski definition) is 4. The van der Waals surface area contributed by atoms with Gasteiger partial charge >= 0.3 is 0 Å². The molecule has 1 atom stereocenters. The van der Waals surface area contributed by atoms with Gasteiger partial charge < -0.3 is 20.4 Å². The summed E-state index contributed by atoms with van der Waals surface area (Å²) in [6, 6.07) is 10.7. The zero-order valence-electron chi connectivity index (χ0n) is 17.0. The summed E-state index contributed by atoms with van der Waals surface area (Å²) in [6.45, 7) is 1.99. The molecule has 1 saturated heterocycles. The molecule has 0 radical (unpaired) electrons. The van der Waals surface area contributed by atoms with E-state index in [1.165, 1.54) is 6.07 Å². The molecule has 1 fully saturated rings. The minimum Gasteiger partial charge on any atom is -0.352 e. The van der Waals surface area contributed by atoms with Crippen LogP contribution in [-0.2, 0) is 6.54 Å². The number of halogens is 1. The average molecular weight is 398 g/mol. The SMILES string of the molecule is CN=C(NCc1ccc(C(=O)N(C)C)cc1)NC1CCN(c2ncccc2F)C1. The summed E-state index contributed by atoms with van der Waals surface area (Å²) in [5.41, 5.74) is 1.71. The van der Waals surface area contributed by atoms with E-state index in [1.54, 1.807) is 38.3 Å². The molecular formula is C21H27FN6O. The molecule has 0 aliphatic carbocycles. The first-order chi connectivity index (χ1) is 14.0. The standard InChI is InChI=1S/C21H27FN6O/c1-23-21(25-13-15-6-8-16(9-7-15)20(29)27(2)3)26-17-10-12-28(14-17)19-18(22)5-4-11-24-19/h4-9,11,17H,10,12-14H2,1-3H3,(H2,23,25,26). The second-order valence-corrected chi connectivity index (χ2v) is 7.21. The molecule has 2 N–H and O–H groups in total. The molecule has 8 heteroatoms. The Balaban J connectivity index is 1.51. The maximum absolute atomic E-state index is 13.9. The molecule has 1 aromatic carbocycles. The Labute approximate surface area is 170 Å². The minimum atomic E-state index is -0.299. The van der Waals surface area contributed by atoms with Crippen molar-refractivity contribution in [3.63, 3.8) is 0 Å². The van der Waals surface area contributed by atoms with Crippen LogP contribution in [-0.4, -0.2) is 62.0 Å². The van der Waals surface area contributed by atoms with Gasteiger partial charge in [0.15, 0.2) is 17.6 Å². The third kappa shape index (κ3) is 5.22. The van der Waals surface area contributed by atoms with Crippen LogP contribution in [0.4, 0.5) is 10.2 Å². The summed E-state index contributed by atoms with van der Waals surface area (Å²) < 4.78 is 13.9. The maximum atomic E-state index is 13.9. The molecule has 0 bridgehead atoms. The van der Waals surface area contributed by atoms with Crippen molar-refractivity contribution in [3.05, 3.63) is 59.5 Å². The summed E-state index contributed by atoms with van der Waals surface area (Å²) in [6.07, 6.45) is 2.48. The molecule has 2 aromatic rings. The summed E-state index contributed by atoms with van der Waals surface area (Å²) in [5.74, 6) is 0.767. The lowest BCUT2D eigenvalue weighted by Crippen LogP contribution is -2.44. The number of pyridine rings is 1. The van der Waals surface area contributed by atoms with E-state index in [2.05, 4.69) is 20.6 Å². The Morgan fingerprint density at radius 2 is 2.07 bits per heavy atom. The Bertz CT molecular complexity index is 868. The first-order valence-electron chi connectivity index (χ1n) is 9.61. The first kappa shape index (κ1) is 20.6. The number of hydrogen-bond donors (Lipinski definition) is 2. The molecule has 2 heterocycles. The normalized spacial score (nSPS) is 16.6. The largest absolute Gasteiger partial charge is 0.352 e. The number of carbonyl (C=O) groups excluding carboxylic acids is 1. The predicted molar refractivity (Wildman–Crippen MR) is 113 cm³/mol. The van der Waals surface area contributed by atoms with Gasteiger partial charge in [-0.2, -0.15) is 0 Å². The molecule has 1 aliphatic rings. The predicted octanol–water partition coefficient (Wildman–Crippen LogP) is 1.87. The van der Waals surface area contributed by atoms with E-state index < -0.39 is 0 Å². The summed E-state index contributed by atoms with van der Waals surface area (Å²) in [5, 5.41) is 6.67. The molecule has 154 valence electrons. The van der Waals surface area contributed by atoms with Crippen molar-refractivity contribution in [2.45, 2.75) is 19.0 Å². The van der Waals surface area contributed by atoms with Crippen molar-refractivity contribution in [2.24, 2.45) is 4.99 Å². The van der Waals surface area contributed by atoms with Crippen LogP contribution in [0.15, 0.2) is 47.6 Å². The number of aliphatic imine (C=N–C) groups is 1. The molecule has 1 aromatic heterocycles. The Morgan fingerprint density at radius 3 is 2.72 bits per heavy atom. The number of rotatable bonds is 5. The number of carbonyl (C=O) groups is 1. The van der Waals surface area contributed by atoms with Crippen molar-refractivity contribution in [2.75, 3.05) is 39.1 Å². The van der Waals surface area contributed by atoms with Gasteiger partial charge in [-0.05, 0) is 36.2 Å². The molecule has 0 spiro atoms. The van der Waals surface area contributed by atoms with Crippen molar-refractivity contribution in [1.29, 1.82) is 0 Å². The number of guanidine groups is 1. The zero-order valence-corrected chi connectivity index (χ0v) is 17.0. The second-order valence-electron chi connectivity index (χ2n) is 7.21. The van der Waals surface area contributed by atoms with Crippen LogP contribution in [0.2, 0.25) is 0 Å². The van der Waals surface area contributed by atoms with Gasteiger partial charge in [-0.15, -0.1) is 0 Å². The van der Waals surface area contributed by atoms with Crippen LogP contribution in [0, 0.1) is 5.82 Å². The van der Waals surface area contributed by atoms with E-state index in [9.17, 15) is 9.18 Å². The highest BCUT2D eigenvalue weighted by atomic mass is 19.1. The third-order valence-electron chi connectivity index (χ3n) is 4.86. The fraction of sp³-hybridized carbons (Fsp3) is 0.381. The minimum absolute atomic E-state index is 0.0166. The lowest BCUT2D eigenvalue weighted by atomic mass is 10.1. The van der Waals surface area contributed by atoms with Crippen LogP contribution in [0.3, 0.4) is 0 Å². The molecule has 1 amide bonds. The van der Waals surface area contributed by atoms with E-state index in [1.807, 2.05) is 29.2 Å². The van der Waals surface area contributed by atoms with Crippen molar-refractivity contribution >= 4 is 17.7 Å². The summed E-state index contributed by atoms with van der Waals surface area (Å²) in [7, 11) is 5.19. The van der Waals surface area contributed by atoms with Gasteiger partial charge in [-0.1, -0.05) is 12.1 Å². The Kier molecular flexibility index (Phi) is 6.64. The quantitative estimate of drug-likeness (QED) is 0.594. The highest BCUT2D eigenvalue weighted by Crippen LogP contribution is 2.20. The van der Waals surface area contributed by atoms with Gasteiger partial charge in [0, 0.05) is 58.6 Å². The van der Waals surface area contributed by atoms with Crippen LogP contribution >= 0.6 is 0 Å². The number of nitrogens with one attached hydrogen (secondary N) is 2. The van der Waals surface area contributed by atoms with Crippen LogP contribution in [0.1, 0.15) is 22.3 Å². The number of anilines is 1. The van der Waals surface area contributed by atoms with Crippen LogP contribution < -0.4 is 15.5 Å². The lowest BCUT2D eigenvalue weighted by molar-refractivity contribution is 0.0827. The monoisotopic (exact) mass is 398 g/mol. The Morgan fingerprint density at radius 1 is 1.31 bits per heavy atom. The molecule has 0 saturated carbocycles. The van der Waals surface area contributed by atoms with E-state index in [0.717, 1.165) is 18.5 Å². The van der Waals surface area contributed by atoms with Gasteiger partial charge in [-0.25, -0.2) is 9.37 Å². The van der Waals surface area contributed by atoms with Crippen molar-refractivity contribution < 1.29 is 9.18 Å². The van der Waals surface area contributed by atoms with Gasteiger partial charge in [0.1, 0.15) is 0 Å². The van der Waals surface area contributed by atoms with Crippen molar-refractivity contribution in [1.82, 2.24) is 20.5 Å². The molecule has 29 heavy (non-hydrogen) atoms. The molecule has 1 unspecified atom stereocenters. The Hall–Kier alpha value is -3.16. The average Bonchev–Trinajstić information content (AvgIpc) is 3.19. The van der Waals surface area contributed by atoms with E-state index >= 15 is 0 Å². The topological polar surface area (TPSA) is 72.9 Å². The molecular weight excluding hydrogens is 371 g/mol. The lowest BCUT2D eigenvalue weighted by Gasteiger charge is -2.20. The third-order valence-corrected chi connectivity index (χ3v) is 4.86. The van der Waals surface area contributed by atoms with Crippen molar-refractivity contribution in [3.8, 4) is 0 Å². The number of aromatic nitrogens is 1. The number of amides is 1. The molecule has 3 rings (SSSR count). The smallest absolute Gasteiger partial charge is 0.253 e. The van der Waals surface area contributed by atoms with Gasteiger partial charge in [0.25, 0.3) is 5.91 Å². The number of nitrogens with zero attached hydrogens (tertiary/aromatic N) is 4. The zero-order chi connectivity index (χ0) is 20.8. The first-order valence-corrected chi connectivity index (χ1v) is 9.61.